The van der Waals surface area contributed by atoms with Gasteiger partial charge in [0.1, 0.15) is 34.3 Å². The highest BCUT2D eigenvalue weighted by Crippen LogP contribution is 2.43. The number of non-ortho nitro benzene ring substituents is 1. The quantitative estimate of drug-likeness (QED) is 0.402. The second kappa shape index (κ2) is 9.29. The van der Waals surface area contributed by atoms with Gasteiger partial charge in [0.05, 0.1) is 17.0 Å². The molecule has 0 spiro atoms. The molecular weight excluding hydrogens is 430 g/mol. The third-order valence-corrected chi connectivity index (χ3v) is 5.68. The Labute approximate surface area is 189 Å². The Bertz CT molecular complexity index is 1170. The van der Waals surface area contributed by atoms with Crippen LogP contribution in [0.25, 0.3) is 11.3 Å². The number of benzene rings is 2. The number of phenols is 2. The molecule has 0 aliphatic carbocycles. The molecule has 2 heterocycles. The molecule has 10 nitrogen and oxygen atoms in total. The highest BCUT2D eigenvalue weighted by molar-refractivity contribution is 5.83. The standard InChI is InChI=1S/C23H23N3O7/c1-25-8-6-14(7-9-25)19(28)10-15-11-22(33-24-15)23-20(29)12-17(27)13-21(23)32-18-4-2-16(3-5-18)26(30)31/h2-5,11-14,27,29H,6-10H2,1H3. The van der Waals surface area contributed by atoms with E-state index in [0.29, 0.717) is 5.69 Å². The van der Waals surface area contributed by atoms with Gasteiger partial charge in [0.15, 0.2) is 5.76 Å². The average Bonchev–Trinajstić information content (AvgIpc) is 3.22. The SMILES string of the molecule is CN1CCC(C(=O)Cc2cc(-c3c(O)cc(O)cc3Oc3ccc([N+](=O)[O-])cc3)on2)CC1. The van der Waals surface area contributed by atoms with Gasteiger partial charge in [-0.15, -0.1) is 0 Å². The van der Waals surface area contributed by atoms with E-state index in [2.05, 4.69) is 10.1 Å². The van der Waals surface area contributed by atoms with E-state index in [0.717, 1.165) is 32.0 Å². The number of nitro groups is 1. The van der Waals surface area contributed by atoms with E-state index in [4.69, 9.17) is 9.26 Å². The molecule has 0 radical (unpaired) electrons. The lowest BCUT2D eigenvalue weighted by Crippen LogP contribution is -2.34. The molecule has 1 saturated heterocycles. The zero-order valence-electron chi connectivity index (χ0n) is 17.9. The number of aromatic hydroxyl groups is 2. The van der Waals surface area contributed by atoms with Gasteiger partial charge in [-0.25, -0.2) is 0 Å². The number of Topliss-reactive ketones (excluding diaryl/α,β-unsaturated/α-hetero) is 1. The minimum Gasteiger partial charge on any atom is -0.508 e. The molecular formula is C23H23N3O7. The molecule has 0 bridgehead atoms. The third kappa shape index (κ3) is 5.12. The van der Waals surface area contributed by atoms with E-state index in [1.165, 1.54) is 30.3 Å². The van der Waals surface area contributed by atoms with Crippen LogP contribution in [0, 0.1) is 16.0 Å². The predicted octanol–water partition coefficient (Wildman–Crippen LogP) is 3.91. The first-order valence-corrected chi connectivity index (χ1v) is 10.5. The summed E-state index contributed by atoms with van der Waals surface area (Å²) in [5.41, 5.74) is 0.467. The van der Waals surface area contributed by atoms with E-state index in [1.807, 2.05) is 7.05 Å². The number of likely N-dealkylation sites (tertiary alicyclic amines) is 1. The number of aromatic nitrogens is 1. The Hall–Kier alpha value is -3.92. The van der Waals surface area contributed by atoms with Gasteiger partial charge in [-0.3, -0.25) is 14.9 Å². The smallest absolute Gasteiger partial charge is 0.269 e. The lowest BCUT2D eigenvalue weighted by molar-refractivity contribution is -0.384. The maximum atomic E-state index is 12.7. The molecule has 1 aromatic heterocycles. The first kappa shape index (κ1) is 22.3. The minimum absolute atomic E-state index is 0.00976. The Morgan fingerprint density at radius 1 is 1.21 bits per heavy atom. The van der Waals surface area contributed by atoms with Gasteiger partial charge in [0, 0.05) is 36.2 Å². The molecule has 4 rings (SSSR count). The maximum absolute atomic E-state index is 12.7. The number of nitrogens with zero attached hydrogens (tertiary/aromatic N) is 3. The zero-order chi connectivity index (χ0) is 23.5. The molecule has 1 aliphatic rings. The maximum Gasteiger partial charge on any atom is 0.269 e. The Balaban J connectivity index is 1.56. The summed E-state index contributed by atoms with van der Waals surface area (Å²) in [7, 11) is 2.03. The molecule has 0 amide bonds. The van der Waals surface area contributed by atoms with Crippen LogP contribution in [0.2, 0.25) is 0 Å². The summed E-state index contributed by atoms with van der Waals surface area (Å²) in [5, 5.41) is 35.2. The van der Waals surface area contributed by atoms with Crippen molar-refractivity contribution in [3.8, 4) is 34.3 Å². The van der Waals surface area contributed by atoms with Crippen LogP contribution in [-0.4, -0.2) is 51.1 Å². The fraction of sp³-hybridized carbons (Fsp3) is 0.304. The molecule has 2 N–H and O–H groups in total. The van der Waals surface area contributed by atoms with Crippen molar-refractivity contribution in [2.24, 2.45) is 5.92 Å². The van der Waals surface area contributed by atoms with Crippen molar-refractivity contribution in [2.45, 2.75) is 19.3 Å². The Morgan fingerprint density at radius 3 is 2.58 bits per heavy atom. The van der Waals surface area contributed by atoms with Crippen molar-refractivity contribution in [2.75, 3.05) is 20.1 Å². The number of carbonyl (C=O) groups is 1. The van der Waals surface area contributed by atoms with Gasteiger partial charge >= 0.3 is 0 Å². The van der Waals surface area contributed by atoms with Crippen molar-refractivity contribution in [3.63, 3.8) is 0 Å². The minimum atomic E-state index is -0.529. The molecule has 2 aromatic carbocycles. The lowest BCUT2D eigenvalue weighted by Gasteiger charge is -2.27. The molecule has 0 unspecified atom stereocenters. The number of ether oxygens (including phenoxy) is 1. The Morgan fingerprint density at radius 2 is 1.91 bits per heavy atom. The number of carbonyl (C=O) groups excluding carboxylic acids is 1. The summed E-state index contributed by atoms with van der Waals surface area (Å²) < 4.78 is 11.1. The zero-order valence-corrected chi connectivity index (χ0v) is 17.9. The van der Waals surface area contributed by atoms with Crippen LogP contribution in [0.4, 0.5) is 5.69 Å². The van der Waals surface area contributed by atoms with Gasteiger partial charge in [-0.05, 0) is 45.1 Å². The normalized spacial score (nSPS) is 14.8. The Kier molecular flexibility index (Phi) is 6.27. The summed E-state index contributed by atoms with van der Waals surface area (Å²) in [5.74, 6) is 0.0107. The van der Waals surface area contributed by atoms with Gasteiger partial charge < -0.3 is 24.4 Å². The van der Waals surface area contributed by atoms with E-state index >= 15 is 0 Å². The number of hydrogen-bond acceptors (Lipinski definition) is 9. The van der Waals surface area contributed by atoms with E-state index in [1.54, 1.807) is 6.07 Å². The molecule has 0 saturated carbocycles. The highest BCUT2D eigenvalue weighted by atomic mass is 16.6. The predicted molar refractivity (Wildman–Crippen MR) is 117 cm³/mol. The van der Waals surface area contributed by atoms with Crippen LogP contribution in [0.5, 0.6) is 23.0 Å². The number of ketones is 1. The van der Waals surface area contributed by atoms with Crippen LogP contribution in [0.1, 0.15) is 18.5 Å². The molecule has 10 heteroatoms. The van der Waals surface area contributed by atoms with Crippen molar-refractivity contribution in [3.05, 3.63) is 58.3 Å². The fourth-order valence-electron chi connectivity index (χ4n) is 3.84. The molecule has 0 atom stereocenters. The number of nitro benzene ring substituents is 1. The van der Waals surface area contributed by atoms with Crippen LogP contribution in [0.3, 0.4) is 0 Å². The van der Waals surface area contributed by atoms with E-state index in [-0.39, 0.29) is 58.1 Å². The van der Waals surface area contributed by atoms with Crippen LogP contribution < -0.4 is 4.74 Å². The number of phenolic OH excluding ortho intramolecular Hbond substituents is 2. The number of piperidine rings is 1. The van der Waals surface area contributed by atoms with Crippen LogP contribution >= 0.6 is 0 Å². The number of hydrogen-bond donors (Lipinski definition) is 2. The van der Waals surface area contributed by atoms with Crippen molar-refractivity contribution in [1.29, 1.82) is 0 Å². The topological polar surface area (TPSA) is 139 Å². The van der Waals surface area contributed by atoms with Crippen molar-refractivity contribution < 1.29 is 29.2 Å². The lowest BCUT2D eigenvalue weighted by atomic mass is 9.90. The molecule has 33 heavy (non-hydrogen) atoms. The first-order valence-electron chi connectivity index (χ1n) is 10.5. The van der Waals surface area contributed by atoms with Crippen molar-refractivity contribution in [1.82, 2.24) is 10.1 Å². The summed E-state index contributed by atoms with van der Waals surface area (Å²) in [6.07, 6.45) is 1.74. The summed E-state index contributed by atoms with van der Waals surface area (Å²) in [6.45, 7) is 1.76. The highest BCUT2D eigenvalue weighted by Gasteiger charge is 2.25. The van der Waals surface area contributed by atoms with Gasteiger partial charge in [-0.2, -0.15) is 0 Å². The summed E-state index contributed by atoms with van der Waals surface area (Å²) in [6, 6.07) is 9.32. The van der Waals surface area contributed by atoms with Crippen LogP contribution in [-0.2, 0) is 11.2 Å². The summed E-state index contributed by atoms with van der Waals surface area (Å²) in [4.78, 5) is 25.2. The van der Waals surface area contributed by atoms with Gasteiger partial charge in [-0.1, -0.05) is 5.16 Å². The van der Waals surface area contributed by atoms with Gasteiger partial charge in [0.25, 0.3) is 5.69 Å². The molecule has 3 aromatic rings. The second-order valence-electron chi connectivity index (χ2n) is 8.09. The van der Waals surface area contributed by atoms with Crippen LogP contribution in [0.15, 0.2) is 47.0 Å². The monoisotopic (exact) mass is 453 g/mol. The average molecular weight is 453 g/mol. The molecule has 172 valence electrons. The van der Waals surface area contributed by atoms with E-state index < -0.39 is 4.92 Å². The fourth-order valence-corrected chi connectivity index (χ4v) is 3.84. The largest absolute Gasteiger partial charge is 0.508 e. The molecule has 1 aliphatic heterocycles. The summed E-state index contributed by atoms with van der Waals surface area (Å²) >= 11 is 0. The number of rotatable bonds is 7. The molecule has 1 fully saturated rings. The third-order valence-electron chi connectivity index (χ3n) is 5.68. The second-order valence-corrected chi connectivity index (χ2v) is 8.09. The van der Waals surface area contributed by atoms with Gasteiger partial charge in [0.2, 0.25) is 0 Å². The first-order chi connectivity index (χ1) is 15.8. The van der Waals surface area contributed by atoms with Crippen molar-refractivity contribution >= 4 is 11.5 Å². The van der Waals surface area contributed by atoms with E-state index in [9.17, 15) is 25.1 Å².